The van der Waals surface area contributed by atoms with Crippen LogP contribution in [-0.2, 0) is 19.7 Å². The molecule has 0 aromatic heterocycles. The Bertz CT molecular complexity index is 648. The van der Waals surface area contributed by atoms with Gasteiger partial charge in [0.15, 0.2) is 0 Å². The van der Waals surface area contributed by atoms with Crippen molar-refractivity contribution in [1.29, 1.82) is 0 Å². The first-order valence-corrected chi connectivity index (χ1v) is 8.26. The molecule has 1 aliphatic rings. The molecule has 1 amide bonds. The predicted molar refractivity (Wildman–Crippen MR) is 79.2 cm³/mol. The average Bonchev–Trinajstić information content (AvgIpc) is 2.99. The summed E-state index contributed by atoms with van der Waals surface area (Å²) >= 11 is 0. The lowest BCUT2D eigenvalue weighted by molar-refractivity contribution is -0.132. The lowest BCUT2D eigenvalue weighted by Crippen LogP contribution is -2.45. The van der Waals surface area contributed by atoms with Crippen LogP contribution < -0.4 is 15.7 Å². The fraction of sp³-hybridized carbons (Fsp3) is 0.462. The Hall–Kier alpha value is -1.72. The van der Waals surface area contributed by atoms with Crippen molar-refractivity contribution >= 4 is 15.9 Å². The van der Waals surface area contributed by atoms with Gasteiger partial charge in [-0.25, -0.2) is 13.9 Å². The molecule has 0 unspecified atom stereocenters. The van der Waals surface area contributed by atoms with Gasteiger partial charge in [-0.05, 0) is 30.7 Å². The number of hydroxylamine groups is 2. The summed E-state index contributed by atoms with van der Waals surface area (Å²) in [6.07, 6.45) is 0.176. The van der Waals surface area contributed by atoms with Gasteiger partial charge in [-0.15, -0.1) is 0 Å². The van der Waals surface area contributed by atoms with Gasteiger partial charge in [0.05, 0.1) is 19.1 Å². The van der Waals surface area contributed by atoms with E-state index < -0.39 is 22.0 Å². The summed E-state index contributed by atoms with van der Waals surface area (Å²) in [4.78, 5) is 16.6. The molecule has 1 aliphatic heterocycles. The van der Waals surface area contributed by atoms with Crippen LogP contribution in [0.1, 0.15) is 6.42 Å². The van der Waals surface area contributed by atoms with Crippen LogP contribution in [0.4, 0.5) is 0 Å². The van der Waals surface area contributed by atoms with Crippen molar-refractivity contribution in [2.24, 2.45) is 0 Å². The van der Waals surface area contributed by atoms with Crippen LogP contribution >= 0.6 is 0 Å². The molecule has 10 heteroatoms. The van der Waals surface area contributed by atoms with Gasteiger partial charge in [-0.1, -0.05) is 0 Å². The number of nitrogens with zero attached hydrogens (tertiary/aromatic N) is 1. The Kier molecular flexibility index (Phi) is 5.55. The summed E-state index contributed by atoms with van der Waals surface area (Å²) in [5.41, 5.74) is 4.15. The van der Waals surface area contributed by atoms with E-state index in [4.69, 9.17) is 14.8 Å². The number of carbonyl (C=O) groups is 1. The van der Waals surface area contributed by atoms with E-state index in [1.807, 2.05) is 0 Å². The number of carbonyl (C=O) groups excluding carboxylic acids is 1. The SMILES string of the molecule is CON[C@@H]1C[C@H](C(=O)NO)N(S(=O)(=O)c2ccc(OC)cc2)C1. The molecule has 0 bridgehead atoms. The topological polar surface area (TPSA) is 117 Å². The summed E-state index contributed by atoms with van der Waals surface area (Å²) in [5, 5.41) is 8.84. The summed E-state index contributed by atoms with van der Waals surface area (Å²) in [6, 6.07) is 4.46. The largest absolute Gasteiger partial charge is 0.497 e. The van der Waals surface area contributed by atoms with Crippen LogP contribution in [0.5, 0.6) is 5.75 Å². The number of methoxy groups -OCH3 is 1. The van der Waals surface area contributed by atoms with E-state index in [1.54, 1.807) is 0 Å². The molecule has 0 radical (unpaired) electrons. The number of hydrogen-bond acceptors (Lipinski definition) is 7. The molecule has 3 N–H and O–H groups in total. The van der Waals surface area contributed by atoms with E-state index in [2.05, 4.69) is 5.48 Å². The van der Waals surface area contributed by atoms with E-state index in [-0.39, 0.29) is 23.9 Å². The zero-order valence-electron chi connectivity index (χ0n) is 12.7. The van der Waals surface area contributed by atoms with Crippen LogP contribution in [0.2, 0.25) is 0 Å². The van der Waals surface area contributed by atoms with Crippen molar-refractivity contribution in [2.75, 3.05) is 20.8 Å². The molecular weight excluding hydrogens is 326 g/mol. The van der Waals surface area contributed by atoms with Gasteiger partial charge < -0.3 is 9.57 Å². The van der Waals surface area contributed by atoms with Crippen LogP contribution in [0.25, 0.3) is 0 Å². The van der Waals surface area contributed by atoms with E-state index in [9.17, 15) is 13.2 Å². The van der Waals surface area contributed by atoms with Crippen molar-refractivity contribution in [1.82, 2.24) is 15.3 Å². The maximum atomic E-state index is 12.8. The number of rotatable bonds is 6. The van der Waals surface area contributed by atoms with Gasteiger partial charge in [0.25, 0.3) is 5.91 Å². The second-order valence-corrected chi connectivity index (χ2v) is 6.89. The fourth-order valence-electron chi connectivity index (χ4n) is 2.52. The van der Waals surface area contributed by atoms with Gasteiger partial charge >= 0.3 is 0 Å². The van der Waals surface area contributed by atoms with Gasteiger partial charge in [-0.3, -0.25) is 10.0 Å². The molecule has 128 valence electrons. The second-order valence-electron chi connectivity index (χ2n) is 5.00. The third-order valence-corrected chi connectivity index (χ3v) is 5.51. The first-order chi connectivity index (χ1) is 10.9. The fourth-order valence-corrected chi connectivity index (χ4v) is 4.16. The van der Waals surface area contributed by atoms with Gasteiger partial charge in [0.1, 0.15) is 11.8 Å². The molecule has 1 fully saturated rings. The van der Waals surface area contributed by atoms with Crippen LogP contribution in [0, 0.1) is 0 Å². The molecule has 23 heavy (non-hydrogen) atoms. The standard InChI is InChI=1S/C13H19N3O6S/c1-21-10-3-5-11(6-4-10)23(19,20)16-8-9(15-22-2)7-12(16)13(17)14-18/h3-6,9,12,15,18H,7-8H2,1-2H3,(H,14,17)/t9-,12-/m1/s1. The normalized spacial score (nSPS) is 22.0. The summed E-state index contributed by atoms with van der Waals surface area (Å²) in [5.74, 6) is -0.267. The quantitative estimate of drug-likeness (QED) is 0.469. The summed E-state index contributed by atoms with van der Waals surface area (Å²) < 4.78 is 31.6. The van der Waals surface area contributed by atoms with E-state index in [0.717, 1.165) is 4.31 Å². The van der Waals surface area contributed by atoms with Crippen LogP contribution in [0.3, 0.4) is 0 Å². The molecule has 2 atom stereocenters. The Balaban J connectivity index is 2.32. The minimum absolute atomic E-state index is 0.0344. The molecule has 9 nitrogen and oxygen atoms in total. The molecule has 2 rings (SSSR count). The average molecular weight is 345 g/mol. The number of sulfonamides is 1. The monoisotopic (exact) mass is 345 g/mol. The number of nitrogens with one attached hydrogen (secondary N) is 2. The zero-order valence-corrected chi connectivity index (χ0v) is 13.5. The zero-order chi connectivity index (χ0) is 17.0. The third kappa shape index (κ3) is 3.62. The third-order valence-electron chi connectivity index (χ3n) is 3.62. The Morgan fingerprint density at radius 3 is 2.48 bits per heavy atom. The Labute approximate surface area is 134 Å². The van der Waals surface area contributed by atoms with E-state index in [1.165, 1.54) is 44.0 Å². The minimum atomic E-state index is -3.91. The molecule has 0 aliphatic carbocycles. The highest BCUT2D eigenvalue weighted by atomic mass is 32.2. The maximum Gasteiger partial charge on any atom is 0.261 e. The van der Waals surface area contributed by atoms with Crippen molar-refractivity contribution in [3.63, 3.8) is 0 Å². The molecule has 1 aromatic carbocycles. The Morgan fingerprint density at radius 1 is 1.30 bits per heavy atom. The lowest BCUT2D eigenvalue weighted by Gasteiger charge is -2.22. The van der Waals surface area contributed by atoms with Crippen LogP contribution in [0.15, 0.2) is 29.2 Å². The maximum absolute atomic E-state index is 12.8. The molecular formula is C13H19N3O6S. The minimum Gasteiger partial charge on any atom is -0.497 e. The first kappa shape index (κ1) is 17.6. The van der Waals surface area contributed by atoms with Crippen LogP contribution in [-0.4, -0.2) is 56.7 Å². The molecule has 1 aromatic rings. The number of amides is 1. The van der Waals surface area contributed by atoms with Crippen molar-refractivity contribution in [3.8, 4) is 5.75 Å². The van der Waals surface area contributed by atoms with E-state index >= 15 is 0 Å². The van der Waals surface area contributed by atoms with Crippen molar-refractivity contribution in [3.05, 3.63) is 24.3 Å². The van der Waals surface area contributed by atoms with Gasteiger partial charge in [0, 0.05) is 12.6 Å². The highest BCUT2D eigenvalue weighted by Gasteiger charge is 2.44. The highest BCUT2D eigenvalue weighted by molar-refractivity contribution is 7.89. The number of hydrogen-bond donors (Lipinski definition) is 3. The smallest absolute Gasteiger partial charge is 0.261 e. The summed E-state index contributed by atoms with van der Waals surface area (Å²) in [7, 11) is -1.03. The summed E-state index contributed by atoms with van der Waals surface area (Å²) in [6.45, 7) is 0.0420. The van der Waals surface area contributed by atoms with Gasteiger partial charge in [0.2, 0.25) is 10.0 Å². The molecule has 0 spiro atoms. The number of ether oxygens (including phenoxy) is 1. The second kappa shape index (κ2) is 7.23. The molecule has 0 saturated carbocycles. The first-order valence-electron chi connectivity index (χ1n) is 6.82. The van der Waals surface area contributed by atoms with Gasteiger partial charge in [-0.2, -0.15) is 9.79 Å². The molecule has 1 saturated heterocycles. The van der Waals surface area contributed by atoms with Crippen molar-refractivity contribution < 1.29 is 28.0 Å². The van der Waals surface area contributed by atoms with E-state index in [0.29, 0.717) is 5.75 Å². The predicted octanol–water partition coefficient (Wildman–Crippen LogP) is -0.517. The molecule has 1 heterocycles. The highest BCUT2D eigenvalue weighted by Crippen LogP contribution is 2.27. The Morgan fingerprint density at radius 2 is 1.96 bits per heavy atom. The number of benzene rings is 1. The lowest BCUT2D eigenvalue weighted by atomic mass is 10.2. The van der Waals surface area contributed by atoms with Crippen molar-refractivity contribution in [2.45, 2.75) is 23.4 Å².